The Balaban J connectivity index is 2.08. The molecule has 1 heterocycles. The minimum Gasteiger partial charge on any atom is -0.297 e. The maximum Gasteiger partial charge on any atom is 0.161 e. The largest absolute Gasteiger partial charge is 0.297 e. The molecular weight excluding hydrogens is 254 g/mol. The molecule has 98 valence electrons. The topological polar surface area (TPSA) is 30.0 Å². The number of carbonyl (C=O) groups excluding carboxylic acids is 1. The summed E-state index contributed by atoms with van der Waals surface area (Å²) in [5.74, 6) is 0. The van der Waals surface area contributed by atoms with Crippen LogP contribution in [0, 0.1) is 0 Å². The fourth-order valence-corrected chi connectivity index (χ4v) is 4.10. The molecule has 2 aromatic rings. The number of aromatic nitrogens is 1. The standard InChI is InChI=1S/C16H17NOS/c18-12-14-11-17-15(19-14)16(9-5-2-6-10-16)13-7-3-1-4-8-13/h1,3-4,7-8,11-12H,2,5-6,9-10H2. The molecule has 1 aliphatic rings. The second-order valence-electron chi connectivity index (χ2n) is 5.19. The average Bonchev–Trinajstić information content (AvgIpc) is 2.98. The first-order valence-electron chi connectivity index (χ1n) is 6.82. The zero-order chi connectivity index (χ0) is 13.1. The minimum atomic E-state index is 0.0332. The van der Waals surface area contributed by atoms with Crippen LogP contribution in [0.1, 0.15) is 52.3 Å². The van der Waals surface area contributed by atoms with Crippen molar-refractivity contribution in [2.45, 2.75) is 37.5 Å². The molecule has 3 heteroatoms. The van der Waals surface area contributed by atoms with Crippen LogP contribution in [0.5, 0.6) is 0 Å². The van der Waals surface area contributed by atoms with E-state index in [-0.39, 0.29) is 5.41 Å². The predicted octanol–water partition coefficient (Wildman–Crippen LogP) is 4.21. The first-order valence-corrected chi connectivity index (χ1v) is 7.64. The average molecular weight is 271 g/mol. The van der Waals surface area contributed by atoms with Gasteiger partial charge in [0.05, 0.1) is 4.88 Å². The fraction of sp³-hybridized carbons (Fsp3) is 0.375. The van der Waals surface area contributed by atoms with Crippen LogP contribution < -0.4 is 0 Å². The van der Waals surface area contributed by atoms with E-state index in [2.05, 4.69) is 35.3 Å². The van der Waals surface area contributed by atoms with E-state index in [9.17, 15) is 4.79 Å². The van der Waals surface area contributed by atoms with Gasteiger partial charge in [0.25, 0.3) is 0 Å². The van der Waals surface area contributed by atoms with Crippen molar-refractivity contribution in [3.8, 4) is 0 Å². The summed E-state index contributed by atoms with van der Waals surface area (Å²) in [5.41, 5.74) is 1.38. The Morgan fingerprint density at radius 3 is 2.47 bits per heavy atom. The summed E-state index contributed by atoms with van der Waals surface area (Å²) in [5, 5.41) is 1.11. The highest BCUT2D eigenvalue weighted by Gasteiger charge is 2.38. The van der Waals surface area contributed by atoms with E-state index in [1.165, 1.54) is 24.8 Å². The van der Waals surface area contributed by atoms with Gasteiger partial charge in [-0.2, -0.15) is 0 Å². The van der Waals surface area contributed by atoms with Crippen LogP contribution in [0.2, 0.25) is 0 Å². The summed E-state index contributed by atoms with van der Waals surface area (Å²) in [4.78, 5) is 16.2. The van der Waals surface area contributed by atoms with E-state index in [0.29, 0.717) is 0 Å². The zero-order valence-electron chi connectivity index (χ0n) is 10.8. The molecule has 0 aliphatic heterocycles. The normalized spacial score (nSPS) is 18.1. The van der Waals surface area contributed by atoms with Gasteiger partial charge in [0, 0.05) is 11.6 Å². The van der Waals surface area contributed by atoms with Crippen LogP contribution >= 0.6 is 11.3 Å². The van der Waals surface area contributed by atoms with Crippen molar-refractivity contribution in [3.63, 3.8) is 0 Å². The summed E-state index contributed by atoms with van der Waals surface area (Å²) >= 11 is 1.55. The highest BCUT2D eigenvalue weighted by Crippen LogP contribution is 2.45. The van der Waals surface area contributed by atoms with E-state index in [0.717, 1.165) is 29.0 Å². The lowest BCUT2D eigenvalue weighted by Gasteiger charge is -2.36. The molecule has 3 rings (SSSR count). The Morgan fingerprint density at radius 2 is 1.84 bits per heavy atom. The quantitative estimate of drug-likeness (QED) is 0.783. The molecule has 2 nitrogen and oxygen atoms in total. The summed E-state index contributed by atoms with van der Waals surface area (Å²) in [6.07, 6.45) is 8.69. The van der Waals surface area contributed by atoms with Crippen LogP contribution in [0.3, 0.4) is 0 Å². The van der Waals surface area contributed by atoms with Crippen molar-refractivity contribution in [3.05, 3.63) is 52.0 Å². The molecule has 0 atom stereocenters. The maximum absolute atomic E-state index is 10.9. The third-order valence-corrected chi connectivity index (χ3v) is 5.21. The third kappa shape index (κ3) is 2.23. The van der Waals surface area contributed by atoms with Crippen molar-refractivity contribution < 1.29 is 4.79 Å². The van der Waals surface area contributed by atoms with Gasteiger partial charge in [-0.15, -0.1) is 11.3 Å². The van der Waals surface area contributed by atoms with Crippen LogP contribution in [-0.2, 0) is 5.41 Å². The number of nitrogens with zero attached hydrogens (tertiary/aromatic N) is 1. The number of benzene rings is 1. The number of aldehydes is 1. The maximum atomic E-state index is 10.9. The lowest BCUT2D eigenvalue weighted by molar-refractivity contribution is 0.112. The van der Waals surface area contributed by atoms with E-state index in [4.69, 9.17) is 0 Å². The lowest BCUT2D eigenvalue weighted by atomic mass is 9.70. The minimum absolute atomic E-state index is 0.0332. The number of carbonyl (C=O) groups is 1. The molecule has 1 aromatic carbocycles. The highest BCUT2D eigenvalue weighted by atomic mass is 32.1. The Labute approximate surface area is 117 Å². The van der Waals surface area contributed by atoms with Crippen molar-refractivity contribution in [1.29, 1.82) is 0 Å². The molecule has 0 radical (unpaired) electrons. The molecule has 0 N–H and O–H groups in total. The van der Waals surface area contributed by atoms with Gasteiger partial charge in [-0.3, -0.25) is 4.79 Å². The van der Waals surface area contributed by atoms with Crippen LogP contribution in [0.25, 0.3) is 0 Å². The van der Waals surface area contributed by atoms with E-state index >= 15 is 0 Å². The summed E-state index contributed by atoms with van der Waals surface area (Å²) < 4.78 is 0. The molecular formula is C16H17NOS. The zero-order valence-corrected chi connectivity index (χ0v) is 11.7. The fourth-order valence-electron chi connectivity index (χ4n) is 3.10. The van der Waals surface area contributed by atoms with Crippen LogP contribution in [0.15, 0.2) is 36.5 Å². The summed E-state index contributed by atoms with van der Waals surface area (Å²) in [7, 11) is 0. The van der Waals surface area contributed by atoms with Gasteiger partial charge in [0.15, 0.2) is 6.29 Å². The third-order valence-electron chi connectivity index (χ3n) is 4.08. The van der Waals surface area contributed by atoms with Crippen molar-refractivity contribution in [2.24, 2.45) is 0 Å². The molecule has 0 bridgehead atoms. The highest BCUT2D eigenvalue weighted by molar-refractivity contribution is 7.13. The number of hydrogen-bond donors (Lipinski definition) is 0. The van der Waals surface area contributed by atoms with Gasteiger partial charge in [0.2, 0.25) is 0 Å². The van der Waals surface area contributed by atoms with Gasteiger partial charge in [-0.25, -0.2) is 4.98 Å². The number of hydrogen-bond acceptors (Lipinski definition) is 3. The second kappa shape index (κ2) is 5.25. The van der Waals surface area contributed by atoms with Gasteiger partial charge in [-0.05, 0) is 18.4 Å². The molecule has 0 amide bonds. The number of rotatable bonds is 3. The molecule has 1 aromatic heterocycles. The molecule has 1 saturated carbocycles. The molecule has 0 unspecified atom stereocenters. The van der Waals surface area contributed by atoms with Gasteiger partial charge >= 0.3 is 0 Å². The molecule has 19 heavy (non-hydrogen) atoms. The SMILES string of the molecule is O=Cc1cnc(C2(c3ccccc3)CCCCC2)s1. The van der Waals surface area contributed by atoms with E-state index < -0.39 is 0 Å². The Hall–Kier alpha value is -1.48. The first-order chi connectivity index (χ1) is 9.35. The second-order valence-corrected chi connectivity index (χ2v) is 6.26. The first kappa shape index (κ1) is 12.5. The van der Waals surface area contributed by atoms with Gasteiger partial charge < -0.3 is 0 Å². The van der Waals surface area contributed by atoms with Crippen LogP contribution in [0.4, 0.5) is 0 Å². The summed E-state index contributed by atoms with van der Waals surface area (Å²) in [6, 6.07) is 10.7. The van der Waals surface area contributed by atoms with Gasteiger partial charge in [0.1, 0.15) is 5.01 Å². The Kier molecular flexibility index (Phi) is 3.47. The Bertz CT molecular complexity index is 555. The predicted molar refractivity (Wildman–Crippen MR) is 77.8 cm³/mol. The van der Waals surface area contributed by atoms with Crippen molar-refractivity contribution in [1.82, 2.24) is 4.98 Å². The molecule has 0 spiro atoms. The Morgan fingerprint density at radius 1 is 1.11 bits per heavy atom. The van der Waals surface area contributed by atoms with Crippen molar-refractivity contribution in [2.75, 3.05) is 0 Å². The molecule has 0 saturated heterocycles. The van der Waals surface area contributed by atoms with E-state index in [1.807, 2.05) is 0 Å². The number of thiazole rings is 1. The molecule has 1 fully saturated rings. The van der Waals surface area contributed by atoms with Crippen LogP contribution in [-0.4, -0.2) is 11.3 Å². The van der Waals surface area contributed by atoms with Gasteiger partial charge in [-0.1, -0.05) is 49.6 Å². The molecule has 1 aliphatic carbocycles. The van der Waals surface area contributed by atoms with Crippen molar-refractivity contribution >= 4 is 17.6 Å². The lowest BCUT2D eigenvalue weighted by Crippen LogP contribution is -2.30. The summed E-state index contributed by atoms with van der Waals surface area (Å²) in [6.45, 7) is 0. The smallest absolute Gasteiger partial charge is 0.161 e. The van der Waals surface area contributed by atoms with E-state index in [1.54, 1.807) is 17.5 Å². The monoisotopic (exact) mass is 271 g/mol.